The molecule has 0 aliphatic heterocycles. The highest BCUT2D eigenvalue weighted by molar-refractivity contribution is 7.92. The highest BCUT2D eigenvalue weighted by Gasteiger charge is 2.21. The molecule has 3 N–H and O–H groups in total. The van der Waals surface area contributed by atoms with Crippen LogP contribution in [-0.4, -0.2) is 8.42 Å². The van der Waals surface area contributed by atoms with E-state index in [9.17, 15) is 17.2 Å². The van der Waals surface area contributed by atoms with Crippen molar-refractivity contribution in [2.24, 2.45) is 0 Å². The van der Waals surface area contributed by atoms with E-state index in [-0.39, 0.29) is 26.3 Å². The quantitative estimate of drug-likeness (QED) is 0.828. The monoisotopic (exact) mass is 352 g/mol. The second-order valence-electron chi connectivity index (χ2n) is 4.01. The SMILES string of the molecule is Nc1c(Cl)ccc(S(=O)(=O)Nc2ccc(F)c(F)c2)c1Cl. The van der Waals surface area contributed by atoms with E-state index >= 15 is 0 Å². The Balaban J connectivity index is 2.43. The lowest BCUT2D eigenvalue weighted by molar-refractivity contribution is 0.509. The van der Waals surface area contributed by atoms with E-state index in [0.29, 0.717) is 6.07 Å². The van der Waals surface area contributed by atoms with Gasteiger partial charge in [-0.3, -0.25) is 4.72 Å². The Bertz CT molecular complexity index is 813. The van der Waals surface area contributed by atoms with Gasteiger partial charge < -0.3 is 5.73 Å². The van der Waals surface area contributed by atoms with E-state index in [1.165, 1.54) is 6.07 Å². The Hall–Kier alpha value is -1.57. The molecule has 21 heavy (non-hydrogen) atoms. The summed E-state index contributed by atoms with van der Waals surface area (Å²) in [5.41, 5.74) is 5.31. The molecule has 0 heterocycles. The summed E-state index contributed by atoms with van der Waals surface area (Å²) < 4.78 is 52.3. The first-order valence-corrected chi connectivity index (χ1v) is 7.67. The number of nitrogens with one attached hydrogen (secondary N) is 1. The molecule has 2 aromatic carbocycles. The highest BCUT2D eigenvalue weighted by atomic mass is 35.5. The van der Waals surface area contributed by atoms with Crippen molar-refractivity contribution in [1.82, 2.24) is 0 Å². The Morgan fingerprint density at radius 2 is 1.71 bits per heavy atom. The molecule has 0 amide bonds. The van der Waals surface area contributed by atoms with Gasteiger partial charge in [-0.05, 0) is 24.3 Å². The summed E-state index contributed by atoms with van der Waals surface area (Å²) in [5, 5.41) is -0.149. The van der Waals surface area contributed by atoms with Gasteiger partial charge in [0.25, 0.3) is 10.0 Å². The number of hydrogen-bond acceptors (Lipinski definition) is 3. The summed E-state index contributed by atoms with van der Waals surface area (Å²) in [6.07, 6.45) is 0. The van der Waals surface area contributed by atoms with Crippen LogP contribution in [0.25, 0.3) is 0 Å². The third-order valence-corrected chi connectivity index (χ3v) is 4.82. The smallest absolute Gasteiger partial charge is 0.263 e. The fraction of sp³-hybridized carbons (Fsp3) is 0. The summed E-state index contributed by atoms with van der Waals surface area (Å²) in [5.74, 6) is -2.27. The van der Waals surface area contributed by atoms with Crippen molar-refractivity contribution in [2.75, 3.05) is 10.5 Å². The highest BCUT2D eigenvalue weighted by Crippen LogP contribution is 2.33. The number of nitrogen functional groups attached to an aromatic ring is 1. The maximum Gasteiger partial charge on any atom is 0.263 e. The number of sulfonamides is 1. The van der Waals surface area contributed by atoms with Crippen molar-refractivity contribution in [2.45, 2.75) is 4.90 Å². The molecule has 9 heteroatoms. The van der Waals surface area contributed by atoms with Crippen molar-refractivity contribution in [3.8, 4) is 0 Å². The van der Waals surface area contributed by atoms with Gasteiger partial charge in [0.1, 0.15) is 4.90 Å². The van der Waals surface area contributed by atoms with Crippen LogP contribution in [0.3, 0.4) is 0 Å². The van der Waals surface area contributed by atoms with Crippen molar-refractivity contribution >= 4 is 44.6 Å². The van der Waals surface area contributed by atoms with Gasteiger partial charge in [0.05, 0.1) is 21.4 Å². The Kier molecular flexibility index (Phi) is 4.27. The van der Waals surface area contributed by atoms with Crippen LogP contribution in [0.15, 0.2) is 35.2 Å². The zero-order valence-electron chi connectivity index (χ0n) is 10.2. The molecule has 0 aliphatic carbocycles. The molecule has 112 valence electrons. The first-order chi connectivity index (χ1) is 9.72. The number of nitrogens with two attached hydrogens (primary N) is 1. The molecule has 0 saturated heterocycles. The van der Waals surface area contributed by atoms with Gasteiger partial charge >= 0.3 is 0 Å². The van der Waals surface area contributed by atoms with Crippen molar-refractivity contribution in [1.29, 1.82) is 0 Å². The zero-order valence-corrected chi connectivity index (χ0v) is 12.5. The molecule has 0 atom stereocenters. The van der Waals surface area contributed by atoms with Crippen LogP contribution >= 0.6 is 23.2 Å². The fourth-order valence-corrected chi connectivity index (χ4v) is 3.34. The second kappa shape index (κ2) is 5.67. The Morgan fingerprint density at radius 3 is 2.33 bits per heavy atom. The number of anilines is 2. The van der Waals surface area contributed by atoms with Crippen LogP contribution in [0.4, 0.5) is 20.2 Å². The van der Waals surface area contributed by atoms with E-state index in [0.717, 1.165) is 18.2 Å². The van der Waals surface area contributed by atoms with Crippen molar-refractivity contribution in [3.63, 3.8) is 0 Å². The fourth-order valence-electron chi connectivity index (χ4n) is 1.53. The molecule has 2 aromatic rings. The number of rotatable bonds is 3. The van der Waals surface area contributed by atoms with Gasteiger partial charge in [-0.15, -0.1) is 0 Å². The lowest BCUT2D eigenvalue weighted by Gasteiger charge is -2.11. The van der Waals surface area contributed by atoms with E-state index in [1.54, 1.807) is 0 Å². The third-order valence-electron chi connectivity index (χ3n) is 2.55. The molecule has 0 bridgehead atoms. The Morgan fingerprint density at radius 1 is 1.05 bits per heavy atom. The molecule has 0 unspecified atom stereocenters. The van der Waals surface area contributed by atoms with Gasteiger partial charge in [0.2, 0.25) is 0 Å². The molecule has 0 spiro atoms. The van der Waals surface area contributed by atoms with Crippen LogP contribution < -0.4 is 10.5 Å². The maximum absolute atomic E-state index is 13.1. The predicted octanol–water partition coefficient (Wildman–Crippen LogP) is 3.65. The van der Waals surface area contributed by atoms with Crippen LogP contribution in [0.1, 0.15) is 0 Å². The van der Waals surface area contributed by atoms with E-state index in [4.69, 9.17) is 28.9 Å². The topological polar surface area (TPSA) is 72.2 Å². The maximum atomic E-state index is 13.1. The summed E-state index contributed by atoms with van der Waals surface area (Å²) in [6, 6.07) is 5.00. The standard InChI is InChI=1S/C12H8Cl2F2N2O2S/c13-7-2-4-10(11(14)12(7)17)21(19,20)18-6-1-3-8(15)9(16)5-6/h1-5,18H,17H2. The molecule has 0 aromatic heterocycles. The Labute approximate surface area is 129 Å². The number of hydrogen-bond donors (Lipinski definition) is 2. The summed E-state index contributed by atoms with van der Waals surface area (Å²) >= 11 is 11.6. The van der Waals surface area contributed by atoms with Gasteiger partial charge in [-0.2, -0.15) is 0 Å². The van der Waals surface area contributed by atoms with E-state index in [2.05, 4.69) is 4.72 Å². The number of benzene rings is 2. The molecule has 0 fully saturated rings. The largest absolute Gasteiger partial charge is 0.396 e. The van der Waals surface area contributed by atoms with Crippen LogP contribution in [0.5, 0.6) is 0 Å². The average Bonchev–Trinajstić information content (AvgIpc) is 2.39. The zero-order chi connectivity index (χ0) is 15.8. The third kappa shape index (κ3) is 3.20. The summed E-state index contributed by atoms with van der Waals surface area (Å²) in [6.45, 7) is 0. The average molecular weight is 353 g/mol. The molecule has 0 radical (unpaired) electrons. The number of halogens is 4. The van der Waals surface area contributed by atoms with E-state index in [1.807, 2.05) is 0 Å². The minimum absolute atomic E-state index is 0.0912. The lowest BCUT2D eigenvalue weighted by atomic mass is 10.3. The molecular formula is C12H8Cl2F2N2O2S. The van der Waals surface area contributed by atoms with Gasteiger partial charge in [0.15, 0.2) is 11.6 Å². The molecule has 4 nitrogen and oxygen atoms in total. The first kappa shape index (κ1) is 15.8. The van der Waals surface area contributed by atoms with Crippen LogP contribution in [0.2, 0.25) is 10.0 Å². The first-order valence-electron chi connectivity index (χ1n) is 5.43. The minimum Gasteiger partial charge on any atom is -0.396 e. The normalized spacial score (nSPS) is 11.4. The summed E-state index contributed by atoms with van der Waals surface area (Å²) in [7, 11) is -4.12. The summed E-state index contributed by atoms with van der Waals surface area (Å²) in [4.78, 5) is -0.323. The van der Waals surface area contributed by atoms with Crippen molar-refractivity contribution < 1.29 is 17.2 Å². The molecular weight excluding hydrogens is 345 g/mol. The lowest BCUT2D eigenvalue weighted by Crippen LogP contribution is -2.14. The van der Waals surface area contributed by atoms with Gasteiger partial charge in [-0.1, -0.05) is 23.2 Å². The molecule has 0 saturated carbocycles. The minimum atomic E-state index is -4.12. The van der Waals surface area contributed by atoms with E-state index < -0.39 is 21.7 Å². The van der Waals surface area contributed by atoms with Crippen molar-refractivity contribution in [3.05, 3.63) is 52.0 Å². The van der Waals surface area contributed by atoms with Gasteiger partial charge in [0, 0.05) is 6.07 Å². The van der Waals surface area contributed by atoms with Crippen LogP contribution in [0, 0.1) is 11.6 Å². The predicted molar refractivity (Wildman–Crippen MR) is 78.0 cm³/mol. The molecule has 0 aliphatic rings. The van der Waals surface area contributed by atoms with Crippen LogP contribution in [-0.2, 0) is 10.0 Å². The van der Waals surface area contributed by atoms with Gasteiger partial charge in [-0.25, -0.2) is 17.2 Å². The molecule has 2 rings (SSSR count). The second-order valence-corrected chi connectivity index (χ2v) is 6.44.